The summed E-state index contributed by atoms with van der Waals surface area (Å²) in [5.74, 6) is 0.664. The van der Waals surface area contributed by atoms with Crippen LogP contribution in [0.5, 0.6) is 0 Å². The van der Waals surface area contributed by atoms with Crippen LogP contribution in [0.2, 0.25) is 0 Å². The molecule has 1 unspecified atom stereocenters. The van der Waals surface area contributed by atoms with E-state index in [-0.39, 0.29) is 0 Å². The third kappa shape index (κ3) is 4.37. The summed E-state index contributed by atoms with van der Waals surface area (Å²) in [4.78, 5) is 0. The molecule has 0 aliphatic carbocycles. The van der Waals surface area contributed by atoms with E-state index in [1.165, 1.54) is 19.3 Å². The number of unbranched alkanes of at least 4 members (excludes halogenated alkanes) is 1. The molecule has 0 aliphatic heterocycles. The first-order valence-electron chi connectivity index (χ1n) is 4.08. The van der Waals surface area contributed by atoms with Crippen molar-refractivity contribution in [3.8, 4) is 0 Å². The monoisotopic (exact) mass is 138 g/mol. The lowest BCUT2D eigenvalue weighted by molar-refractivity contribution is 0.562. The Balaban J connectivity index is 3.38. The van der Waals surface area contributed by atoms with Crippen LogP contribution >= 0.6 is 0 Å². The van der Waals surface area contributed by atoms with E-state index < -0.39 is 0 Å². The van der Waals surface area contributed by atoms with Crippen molar-refractivity contribution >= 4 is 0 Å². The minimum atomic E-state index is 0.664. The third-order valence-electron chi connectivity index (χ3n) is 1.73. The average molecular weight is 138 g/mol. The second kappa shape index (κ2) is 6.60. The zero-order valence-corrected chi connectivity index (χ0v) is 6.97. The van der Waals surface area contributed by atoms with Crippen LogP contribution in [0.4, 0.5) is 0 Å². The molecule has 58 valence electrons. The van der Waals surface area contributed by atoms with E-state index in [1.54, 1.807) is 0 Å². The molecule has 0 saturated carbocycles. The van der Waals surface area contributed by atoms with Gasteiger partial charge in [-0.1, -0.05) is 31.9 Å². The van der Waals surface area contributed by atoms with Crippen molar-refractivity contribution in [2.75, 3.05) is 0 Å². The summed E-state index contributed by atoms with van der Waals surface area (Å²) in [5.41, 5.74) is 0. The van der Waals surface area contributed by atoms with Crippen LogP contribution in [0.25, 0.3) is 0 Å². The van der Waals surface area contributed by atoms with E-state index in [4.69, 9.17) is 0 Å². The second-order valence-corrected chi connectivity index (χ2v) is 2.66. The smallest absolute Gasteiger partial charge is 0.0202 e. The molecular weight excluding hydrogens is 120 g/mol. The van der Waals surface area contributed by atoms with E-state index >= 15 is 0 Å². The second-order valence-electron chi connectivity index (χ2n) is 2.66. The van der Waals surface area contributed by atoms with Gasteiger partial charge in [-0.2, -0.15) is 0 Å². The van der Waals surface area contributed by atoms with Gasteiger partial charge in [-0.25, -0.2) is 0 Å². The van der Waals surface area contributed by atoms with E-state index in [0.29, 0.717) is 5.92 Å². The normalized spacial score (nSPS) is 12.5. The zero-order valence-electron chi connectivity index (χ0n) is 6.97. The Morgan fingerprint density at radius 2 is 2.10 bits per heavy atom. The summed E-state index contributed by atoms with van der Waals surface area (Å²) in [6, 6.07) is 0. The molecule has 0 bridgehead atoms. The maximum absolute atomic E-state index is 3.78. The predicted octanol–water partition coefficient (Wildman–Crippen LogP) is 3.55. The number of hydrogen-bond acceptors (Lipinski definition) is 0. The molecule has 0 fully saturated rings. The first-order valence-corrected chi connectivity index (χ1v) is 4.08. The lowest BCUT2D eigenvalue weighted by Crippen LogP contribution is -1.92. The Morgan fingerprint density at radius 3 is 2.50 bits per heavy atom. The molecule has 0 aromatic rings. The van der Waals surface area contributed by atoms with Crippen LogP contribution < -0.4 is 0 Å². The zero-order chi connectivity index (χ0) is 7.82. The first kappa shape index (κ1) is 9.48. The van der Waals surface area contributed by atoms with Gasteiger partial charge in [0.2, 0.25) is 0 Å². The minimum absolute atomic E-state index is 0.664. The number of allylic oxidation sites excluding steroid dienone is 2. The van der Waals surface area contributed by atoms with E-state index in [9.17, 15) is 0 Å². The van der Waals surface area contributed by atoms with E-state index in [2.05, 4.69) is 20.1 Å². The van der Waals surface area contributed by atoms with Crippen LogP contribution in [0.15, 0.2) is 25.3 Å². The molecule has 0 rings (SSSR count). The van der Waals surface area contributed by atoms with Gasteiger partial charge in [0.25, 0.3) is 0 Å². The molecule has 0 aromatic carbocycles. The summed E-state index contributed by atoms with van der Waals surface area (Å²) < 4.78 is 0. The summed E-state index contributed by atoms with van der Waals surface area (Å²) in [6.07, 6.45) is 8.96. The van der Waals surface area contributed by atoms with Crippen molar-refractivity contribution in [2.24, 2.45) is 5.92 Å². The molecule has 0 N–H and O–H groups in total. The van der Waals surface area contributed by atoms with Gasteiger partial charge in [-0.15, -0.1) is 13.2 Å². The van der Waals surface area contributed by atoms with Crippen LogP contribution in [0.3, 0.4) is 0 Å². The molecule has 10 heavy (non-hydrogen) atoms. The standard InChI is InChI=1S/C10H18/c1-4-7-9-10(6-3)8-5-2/h5-6,10H,2-4,7-9H2,1H3. The van der Waals surface area contributed by atoms with Crippen LogP contribution in [0, 0.1) is 5.92 Å². The molecule has 0 nitrogen and oxygen atoms in total. The SMILES string of the molecule is C=CCC(C=C)CCCC. The summed E-state index contributed by atoms with van der Waals surface area (Å²) in [6.45, 7) is 9.71. The fourth-order valence-electron chi connectivity index (χ4n) is 1.01. The van der Waals surface area contributed by atoms with Crippen molar-refractivity contribution in [1.29, 1.82) is 0 Å². The lowest BCUT2D eigenvalue weighted by atomic mass is 9.99. The molecule has 0 amide bonds. The molecule has 1 atom stereocenters. The van der Waals surface area contributed by atoms with Crippen molar-refractivity contribution in [2.45, 2.75) is 32.6 Å². The van der Waals surface area contributed by atoms with Gasteiger partial charge in [0.05, 0.1) is 0 Å². The quantitative estimate of drug-likeness (QED) is 0.492. The van der Waals surface area contributed by atoms with Gasteiger partial charge in [-0.05, 0) is 18.8 Å². The lowest BCUT2D eigenvalue weighted by Gasteiger charge is -2.07. The summed E-state index contributed by atoms with van der Waals surface area (Å²) in [7, 11) is 0. The number of hydrogen-bond donors (Lipinski definition) is 0. The molecule has 0 radical (unpaired) electrons. The van der Waals surface area contributed by atoms with Gasteiger partial charge in [-0.3, -0.25) is 0 Å². The molecule has 0 heteroatoms. The highest BCUT2D eigenvalue weighted by molar-refractivity contribution is 4.84. The average Bonchev–Trinajstić information content (AvgIpc) is 1.98. The fraction of sp³-hybridized carbons (Fsp3) is 0.600. The summed E-state index contributed by atoms with van der Waals surface area (Å²) in [5, 5.41) is 0. The first-order chi connectivity index (χ1) is 4.85. The highest BCUT2D eigenvalue weighted by atomic mass is 14.0. The van der Waals surface area contributed by atoms with Crippen LogP contribution in [0.1, 0.15) is 32.6 Å². The molecule has 0 saturated heterocycles. The predicted molar refractivity (Wildman–Crippen MR) is 48.0 cm³/mol. The molecular formula is C10H18. The van der Waals surface area contributed by atoms with Crippen molar-refractivity contribution in [3.63, 3.8) is 0 Å². The van der Waals surface area contributed by atoms with E-state index in [0.717, 1.165) is 6.42 Å². The maximum atomic E-state index is 3.78. The fourth-order valence-corrected chi connectivity index (χ4v) is 1.01. The van der Waals surface area contributed by atoms with Crippen molar-refractivity contribution < 1.29 is 0 Å². The Hall–Kier alpha value is -0.520. The van der Waals surface area contributed by atoms with Crippen molar-refractivity contribution in [3.05, 3.63) is 25.3 Å². The van der Waals surface area contributed by atoms with Gasteiger partial charge < -0.3 is 0 Å². The van der Waals surface area contributed by atoms with Gasteiger partial charge in [0.1, 0.15) is 0 Å². The Bertz CT molecular complexity index is 92.2. The largest absolute Gasteiger partial charge is 0.103 e. The molecule has 0 spiro atoms. The minimum Gasteiger partial charge on any atom is -0.103 e. The molecule has 0 aromatic heterocycles. The number of rotatable bonds is 6. The Labute approximate surface area is 64.6 Å². The Morgan fingerprint density at radius 1 is 1.40 bits per heavy atom. The molecule has 0 heterocycles. The summed E-state index contributed by atoms with van der Waals surface area (Å²) >= 11 is 0. The van der Waals surface area contributed by atoms with Gasteiger partial charge >= 0.3 is 0 Å². The van der Waals surface area contributed by atoms with Crippen LogP contribution in [-0.2, 0) is 0 Å². The topological polar surface area (TPSA) is 0 Å². The van der Waals surface area contributed by atoms with E-state index in [1.807, 2.05) is 12.2 Å². The Kier molecular flexibility index (Phi) is 6.25. The van der Waals surface area contributed by atoms with Crippen molar-refractivity contribution in [1.82, 2.24) is 0 Å². The molecule has 0 aliphatic rings. The third-order valence-corrected chi connectivity index (χ3v) is 1.73. The highest BCUT2D eigenvalue weighted by Gasteiger charge is 1.98. The van der Waals surface area contributed by atoms with Gasteiger partial charge in [0.15, 0.2) is 0 Å². The van der Waals surface area contributed by atoms with Crippen LogP contribution in [-0.4, -0.2) is 0 Å². The van der Waals surface area contributed by atoms with Gasteiger partial charge in [0, 0.05) is 0 Å². The highest BCUT2D eigenvalue weighted by Crippen LogP contribution is 2.13. The maximum Gasteiger partial charge on any atom is -0.0202 e.